The number of fused-ring (bicyclic) bond motifs is 4. The van der Waals surface area contributed by atoms with Crippen molar-refractivity contribution < 1.29 is 9.59 Å². The van der Waals surface area contributed by atoms with Crippen molar-refractivity contribution in [3.8, 4) is 0 Å². The van der Waals surface area contributed by atoms with Crippen LogP contribution in [0, 0.1) is 5.92 Å². The minimum absolute atomic E-state index is 0.0167. The summed E-state index contributed by atoms with van der Waals surface area (Å²) in [5.41, 5.74) is 8.19. The topological polar surface area (TPSA) is 94.8 Å². The first kappa shape index (κ1) is 21.6. The van der Waals surface area contributed by atoms with Crippen molar-refractivity contribution in [2.24, 2.45) is 5.92 Å². The van der Waals surface area contributed by atoms with E-state index in [1.54, 1.807) is 6.20 Å². The Labute approximate surface area is 200 Å². The zero-order chi connectivity index (χ0) is 23.3. The highest BCUT2D eigenvalue weighted by molar-refractivity contribution is 6.10. The molecule has 3 N–H and O–H groups in total. The second kappa shape index (κ2) is 8.36. The third-order valence-corrected chi connectivity index (χ3v) is 8.25. The van der Waals surface area contributed by atoms with E-state index in [0.717, 1.165) is 62.1 Å². The van der Waals surface area contributed by atoms with E-state index in [9.17, 15) is 9.59 Å². The zero-order valence-corrected chi connectivity index (χ0v) is 19.4. The van der Waals surface area contributed by atoms with Crippen LogP contribution in [0.2, 0.25) is 0 Å². The fraction of sp³-hybridized carbons (Fsp3) is 0.500. The first-order chi connectivity index (χ1) is 16.6. The first-order valence-electron chi connectivity index (χ1n) is 12.5. The smallest absolute Gasteiger partial charge is 0.253 e. The third-order valence-electron chi connectivity index (χ3n) is 8.25. The molecule has 1 aromatic carbocycles. The second-order valence-electron chi connectivity index (χ2n) is 9.99. The van der Waals surface area contributed by atoms with Gasteiger partial charge in [-0.15, -0.1) is 0 Å². The van der Waals surface area contributed by atoms with Gasteiger partial charge in [-0.05, 0) is 44.4 Å². The van der Waals surface area contributed by atoms with Crippen molar-refractivity contribution in [1.82, 2.24) is 20.1 Å². The van der Waals surface area contributed by atoms with E-state index in [0.29, 0.717) is 31.5 Å². The van der Waals surface area contributed by atoms with Gasteiger partial charge in [0.1, 0.15) is 11.4 Å². The first-order valence-corrected chi connectivity index (χ1v) is 12.5. The van der Waals surface area contributed by atoms with E-state index < -0.39 is 5.54 Å². The molecule has 3 fully saturated rings. The van der Waals surface area contributed by atoms with Gasteiger partial charge in [-0.2, -0.15) is 0 Å². The van der Waals surface area contributed by atoms with Gasteiger partial charge in [0.15, 0.2) is 0 Å². The molecular formula is C26H32N6O2. The minimum Gasteiger partial charge on any atom is -0.383 e. The van der Waals surface area contributed by atoms with E-state index in [1.165, 1.54) is 0 Å². The normalized spacial score (nSPS) is 29.7. The van der Waals surface area contributed by atoms with Crippen LogP contribution in [0.25, 0.3) is 0 Å². The van der Waals surface area contributed by atoms with Crippen molar-refractivity contribution in [3.05, 3.63) is 53.7 Å². The van der Waals surface area contributed by atoms with Crippen molar-refractivity contribution >= 4 is 23.3 Å². The lowest BCUT2D eigenvalue weighted by Gasteiger charge is -2.38. The van der Waals surface area contributed by atoms with Crippen molar-refractivity contribution in [2.75, 3.05) is 43.4 Å². The average molecular weight is 461 g/mol. The molecule has 3 saturated heterocycles. The number of benzene rings is 1. The molecule has 178 valence electrons. The number of nitrogens with one attached hydrogen (secondary N) is 1. The lowest BCUT2D eigenvalue weighted by Crippen LogP contribution is -2.57. The predicted molar refractivity (Wildman–Crippen MR) is 130 cm³/mol. The van der Waals surface area contributed by atoms with Gasteiger partial charge in [-0.1, -0.05) is 24.3 Å². The number of para-hydroxylation sites is 1. The Kier molecular flexibility index (Phi) is 5.30. The molecule has 1 aromatic heterocycles. The number of aromatic nitrogens is 1. The quantitative estimate of drug-likeness (QED) is 0.709. The number of hydrogen-bond acceptors (Lipinski definition) is 6. The highest BCUT2D eigenvalue weighted by atomic mass is 16.2. The molecule has 0 saturated carbocycles. The molecule has 0 radical (unpaired) electrons. The van der Waals surface area contributed by atoms with Gasteiger partial charge < -0.3 is 16.0 Å². The number of nitrogens with zero attached hydrogens (tertiary/aromatic N) is 4. The van der Waals surface area contributed by atoms with E-state index in [2.05, 4.69) is 26.2 Å². The van der Waals surface area contributed by atoms with Crippen LogP contribution >= 0.6 is 0 Å². The van der Waals surface area contributed by atoms with Crippen molar-refractivity contribution in [3.63, 3.8) is 0 Å². The van der Waals surface area contributed by atoms with Crippen LogP contribution in [0.15, 0.2) is 42.6 Å². The SMILES string of the molecule is Nc1ncccc1CN1CCCNC(=O)[C@@H]2C[C@@H]3CCCN3[C@@]23C(=O)N(CC1)c1ccccc13. The highest BCUT2D eigenvalue weighted by Crippen LogP contribution is 2.56. The summed E-state index contributed by atoms with van der Waals surface area (Å²) < 4.78 is 0. The number of nitrogen functional groups attached to an aromatic ring is 1. The summed E-state index contributed by atoms with van der Waals surface area (Å²) in [6.07, 6.45) is 5.44. The molecule has 4 aliphatic heterocycles. The molecule has 0 unspecified atom stereocenters. The standard InChI is InChI=1S/C26H32N6O2/c27-23-18(6-3-10-28-23)17-30-12-5-11-29-24(33)21-16-19-7-4-13-32(19)26(21)20-8-1-2-9-22(20)31(15-14-30)25(26)34/h1-3,6,8-10,19,21H,4-5,7,11-17H2,(H2,27,28)(H,29,33)/t19-,21-,26+/m0/s1. The highest BCUT2D eigenvalue weighted by Gasteiger charge is 2.67. The van der Waals surface area contributed by atoms with E-state index >= 15 is 0 Å². The zero-order valence-electron chi connectivity index (χ0n) is 19.4. The molecule has 8 heteroatoms. The average Bonchev–Trinajstić information content (AvgIpc) is 3.49. The molecule has 5 heterocycles. The maximum absolute atomic E-state index is 14.3. The summed E-state index contributed by atoms with van der Waals surface area (Å²) >= 11 is 0. The lowest BCUT2D eigenvalue weighted by molar-refractivity contribution is -0.139. The Hall–Kier alpha value is -2.97. The number of hydrogen-bond donors (Lipinski definition) is 2. The molecule has 3 atom stereocenters. The largest absolute Gasteiger partial charge is 0.383 e. The maximum Gasteiger partial charge on any atom is 0.253 e. The Balaban J connectivity index is 1.38. The van der Waals surface area contributed by atoms with Gasteiger partial charge in [-0.3, -0.25) is 19.4 Å². The van der Waals surface area contributed by atoms with E-state index in [4.69, 9.17) is 5.73 Å². The number of rotatable bonds is 2. The number of carbonyl (C=O) groups excluding carboxylic acids is 2. The Morgan fingerprint density at radius 1 is 1.06 bits per heavy atom. The number of anilines is 2. The van der Waals surface area contributed by atoms with Gasteiger partial charge in [0, 0.05) is 61.8 Å². The fourth-order valence-electron chi connectivity index (χ4n) is 6.76. The number of nitrogens with two attached hydrogens (primary N) is 1. The van der Waals surface area contributed by atoms with Crippen molar-refractivity contribution in [2.45, 2.75) is 43.8 Å². The van der Waals surface area contributed by atoms with Gasteiger partial charge in [0.05, 0.1) is 5.92 Å². The Morgan fingerprint density at radius 2 is 1.94 bits per heavy atom. The van der Waals surface area contributed by atoms with E-state index in [-0.39, 0.29) is 17.7 Å². The van der Waals surface area contributed by atoms with Gasteiger partial charge >= 0.3 is 0 Å². The van der Waals surface area contributed by atoms with Crippen molar-refractivity contribution in [1.29, 1.82) is 0 Å². The van der Waals surface area contributed by atoms with Crippen LogP contribution < -0.4 is 16.0 Å². The van der Waals surface area contributed by atoms with Gasteiger partial charge in [-0.25, -0.2) is 4.98 Å². The molecular weight excluding hydrogens is 428 g/mol. The maximum atomic E-state index is 14.3. The Morgan fingerprint density at radius 3 is 2.82 bits per heavy atom. The predicted octanol–water partition coefficient (Wildman–Crippen LogP) is 1.71. The van der Waals surface area contributed by atoms with Gasteiger partial charge in [0.2, 0.25) is 5.91 Å². The number of amides is 2. The summed E-state index contributed by atoms with van der Waals surface area (Å²) in [6, 6.07) is 12.3. The molecule has 1 spiro atoms. The van der Waals surface area contributed by atoms with Crippen LogP contribution in [-0.4, -0.2) is 65.4 Å². The van der Waals surface area contributed by atoms with Crippen LogP contribution in [0.3, 0.4) is 0 Å². The third kappa shape index (κ3) is 3.15. The summed E-state index contributed by atoms with van der Waals surface area (Å²) in [5, 5.41) is 3.19. The fourth-order valence-corrected chi connectivity index (χ4v) is 6.76. The Bertz CT molecular complexity index is 1120. The van der Waals surface area contributed by atoms with Crippen LogP contribution in [0.5, 0.6) is 0 Å². The molecule has 2 amide bonds. The second-order valence-corrected chi connectivity index (χ2v) is 9.99. The van der Waals surface area contributed by atoms with E-state index in [1.807, 2.05) is 35.2 Å². The minimum atomic E-state index is -0.875. The summed E-state index contributed by atoms with van der Waals surface area (Å²) in [4.78, 5) is 38.7. The molecule has 4 aliphatic rings. The molecule has 0 aliphatic carbocycles. The molecule has 2 aromatic rings. The molecule has 34 heavy (non-hydrogen) atoms. The van der Waals surface area contributed by atoms with Gasteiger partial charge in [0.25, 0.3) is 5.91 Å². The monoisotopic (exact) mass is 460 g/mol. The molecule has 2 bridgehead atoms. The van der Waals surface area contributed by atoms with Crippen LogP contribution in [0.1, 0.15) is 36.8 Å². The number of pyridine rings is 1. The number of carbonyl (C=O) groups is 2. The van der Waals surface area contributed by atoms with Crippen LogP contribution in [-0.2, 0) is 21.7 Å². The lowest BCUT2D eigenvalue weighted by atomic mass is 9.78. The molecule has 8 nitrogen and oxygen atoms in total. The summed E-state index contributed by atoms with van der Waals surface area (Å²) in [6.45, 7) is 4.27. The summed E-state index contributed by atoms with van der Waals surface area (Å²) in [7, 11) is 0. The van der Waals surface area contributed by atoms with Crippen LogP contribution in [0.4, 0.5) is 11.5 Å². The molecule has 6 rings (SSSR count). The summed E-state index contributed by atoms with van der Waals surface area (Å²) in [5.74, 6) is 0.280.